The molecule has 0 saturated heterocycles. The minimum Gasteiger partial charge on any atom is -0.480 e. The van der Waals surface area contributed by atoms with Crippen LogP contribution in [0.15, 0.2) is 0 Å². The van der Waals surface area contributed by atoms with Gasteiger partial charge < -0.3 is 14.9 Å². The van der Waals surface area contributed by atoms with E-state index in [0.29, 0.717) is 12.5 Å². The van der Waals surface area contributed by atoms with Gasteiger partial charge in [-0.25, -0.2) is 4.79 Å². The van der Waals surface area contributed by atoms with E-state index in [1.807, 2.05) is 6.92 Å². The number of carboxylic acid groups (broad SMARTS) is 1. The van der Waals surface area contributed by atoms with Crippen molar-refractivity contribution in [3.63, 3.8) is 0 Å². The quantitative estimate of drug-likeness (QED) is 0.744. The van der Waals surface area contributed by atoms with Crippen LogP contribution in [0.4, 0.5) is 4.79 Å². The highest BCUT2D eigenvalue weighted by atomic mass is 16.4. The first-order valence-corrected chi connectivity index (χ1v) is 5.76. The third-order valence-corrected chi connectivity index (χ3v) is 2.64. The van der Waals surface area contributed by atoms with Gasteiger partial charge >= 0.3 is 12.0 Å². The van der Waals surface area contributed by atoms with E-state index in [9.17, 15) is 9.59 Å². The summed E-state index contributed by atoms with van der Waals surface area (Å²) >= 11 is 0. The number of aliphatic carboxylic acids is 1. The Morgan fingerprint density at radius 3 is 2.44 bits per heavy atom. The zero-order chi connectivity index (χ0) is 12.1. The lowest BCUT2D eigenvalue weighted by molar-refractivity contribution is -0.137. The number of nitrogens with zero attached hydrogens (tertiary/aromatic N) is 2. The highest BCUT2D eigenvalue weighted by Gasteiger charge is 2.28. The molecule has 1 aliphatic rings. The number of hydrogen-bond donors (Lipinski definition) is 1. The van der Waals surface area contributed by atoms with Gasteiger partial charge in [-0.05, 0) is 25.2 Å². The fourth-order valence-corrected chi connectivity index (χ4v) is 1.66. The lowest BCUT2D eigenvalue weighted by Gasteiger charge is -2.27. The van der Waals surface area contributed by atoms with Crippen molar-refractivity contribution in [1.29, 1.82) is 0 Å². The van der Waals surface area contributed by atoms with E-state index < -0.39 is 5.97 Å². The van der Waals surface area contributed by atoms with E-state index >= 15 is 0 Å². The molecule has 0 atom stereocenters. The Bertz CT molecular complexity index is 264. The van der Waals surface area contributed by atoms with Crippen molar-refractivity contribution in [2.75, 3.05) is 26.7 Å². The standard InChI is InChI=1S/C11H20N2O3/c1-3-6-13(7-9-4-5-9)11(16)12(2)8-10(14)15/h9H,3-8H2,1-2H3,(H,14,15). The van der Waals surface area contributed by atoms with Crippen LogP contribution in [0, 0.1) is 5.92 Å². The van der Waals surface area contributed by atoms with Crippen LogP contribution in [0.25, 0.3) is 0 Å². The molecule has 0 radical (unpaired) electrons. The third-order valence-electron chi connectivity index (χ3n) is 2.64. The van der Waals surface area contributed by atoms with Crippen LogP contribution in [-0.2, 0) is 4.79 Å². The Balaban J connectivity index is 2.46. The normalized spacial score (nSPS) is 14.6. The molecule has 0 aromatic carbocycles. The third kappa shape index (κ3) is 4.08. The maximum Gasteiger partial charge on any atom is 0.323 e. The molecule has 0 heterocycles. The van der Waals surface area contributed by atoms with E-state index in [4.69, 9.17) is 5.11 Å². The zero-order valence-corrected chi connectivity index (χ0v) is 9.98. The number of likely N-dealkylation sites (N-methyl/N-ethyl adjacent to an activating group) is 1. The molecule has 1 saturated carbocycles. The van der Waals surface area contributed by atoms with Crippen molar-refractivity contribution in [1.82, 2.24) is 9.80 Å². The molecule has 16 heavy (non-hydrogen) atoms. The average molecular weight is 228 g/mol. The average Bonchev–Trinajstić information content (AvgIpc) is 2.99. The van der Waals surface area contributed by atoms with Crippen LogP contribution in [0.5, 0.6) is 0 Å². The molecule has 92 valence electrons. The summed E-state index contributed by atoms with van der Waals surface area (Å²) in [5, 5.41) is 8.63. The smallest absolute Gasteiger partial charge is 0.323 e. The predicted octanol–water partition coefficient (Wildman–Crippen LogP) is 1.24. The van der Waals surface area contributed by atoms with Crippen molar-refractivity contribution in [2.45, 2.75) is 26.2 Å². The first-order chi connectivity index (χ1) is 7.54. The maximum absolute atomic E-state index is 11.9. The number of hydrogen-bond acceptors (Lipinski definition) is 2. The summed E-state index contributed by atoms with van der Waals surface area (Å²) in [6.45, 7) is 3.27. The van der Waals surface area contributed by atoms with Gasteiger partial charge in [0.2, 0.25) is 0 Å². The number of urea groups is 1. The Kier molecular flexibility index (Phi) is 4.58. The molecular formula is C11H20N2O3. The zero-order valence-electron chi connectivity index (χ0n) is 9.98. The Morgan fingerprint density at radius 2 is 2.00 bits per heavy atom. The molecule has 1 N–H and O–H groups in total. The number of amides is 2. The fourth-order valence-electron chi connectivity index (χ4n) is 1.66. The number of carboxylic acids is 1. The predicted molar refractivity (Wildman–Crippen MR) is 60.2 cm³/mol. The first kappa shape index (κ1) is 12.8. The molecule has 2 amide bonds. The highest BCUT2D eigenvalue weighted by Crippen LogP contribution is 2.29. The van der Waals surface area contributed by atoms with Gasteiger partial charge in [-0.2, -0.15) is 0 Å². The monoisotopic (exact) mass is 228 g/mol. The molecule has 0 bridgehead atoms. The van der Waals surface area contributed by atoms with E-state index in [2.05, 4.69) is 0 Å². The van der Waals surface area contributed by atoms with Crippen LogP contribution in [0.3, 0.4) is 0 Å². The maximum atomic E-state index is 11.9. The van der Waals surface area contributed by atoms with Gasteiger partial charge in [0.1, 0.15) is 6.54 Å². The molecule has 5 nitrogen and oxygen atoms in total. The van der Waals surface area contributed by atoms with Gasteiger partial charge in [-0.3, -0.25) is 4.79 Å². The first-order valence-electron chi connectivity index (χ1n) is 5.76. The largest absolute Gasteiger partial charge is 0.480 e. The summed E-state index contributed by atoms with van der Waals surface area (Å²) in [6.07, 6.45) is 3.28. The van der Waals surface area contributed by atoms with Crippen LogP contribution >= 0.6 is 0 Å². The van der Waals surface area contributed by atoms with E-state index in [1.165, 1.54) is 24.8 Å². The molecule has 0 aromatic heterocycles. The van der Waals surface area contributed by atoms with Crippen LogP contribution in [0.1, 0.15) is 26.2 Å². The van der Waals surface area contributed by atoms with Crippen molar-refractivity contribution in [3.05, 3.63) is 0 Å². The number of carbonyl (C=O) groups excluding carboxylic acids is 1. The Morgan fingerprint density at radius 1 is 1.38 bits per heavy atom. The summed E-state index contributed by atoms with van der Waals surface area (Å²) in [4.78, 5) is 25.5. The second-order valence-corrected chi connectivity index (χ2v) is 4.42. The minimum absolute atomic E-state index is 0.170. The van der Waals surface area contributed by atoms with E-state index in [0.717, 1.165) is 13.0 Å². The Hall–Kier alpha value is -1.26. The summed E-state index contributed by atoms with van der Waals surface area (Å²) in [5.41, 5.74) is 0. The van der Waals surface area contributed by atoms with Crippen molar-refractivity contribution in [3.8, 4) is 0 Å². The molecular weight excluding hydrogens is 208 g/mol. The summed E-state index contributed by atoms with van der Waals surface area (Å²) in [7, 11) is 1.53. The molecule has 0 aromatic rings. The molecule has 0 spiro atoms. The summed E-state index contributed by atoms with van der Waals surface area (Å²) in [6, 6.07) is -0.170. The van der Waals surface area contributed by atoms with Gasteiger partial charge in [-0.1, -0.05) is 6.92 Å². The lowest BCUT2D eigenvalue weighted by Crippen LogP contribution is -2.44. The van der Waals surface area contributed by atoms with Crippen LogP contribution < -0.4 is 0 Å². The highest BCUT2D eigenvalue weighted by molar-refractivity contribution is 5.79. The molecule has 0 aliphatic heterocycles. The second-order valence-electron chi connectivity index (χ2n) is 4.42. The van der Waals surface area contributed by atoms with E-state index in [-0.39, 0.29) is 12.6 Å². The minimum atomic E-state index is -0.973. The SMILES string of the molecule is CCCN(CC1CC1)C(=O)N(C)CC(=O)O. The van der Waals surface area contributed by atoms with Crippen molar-refractivity contribution in [2.24, 2.45) is 5.92 Å². The van der Waals surface area contributed by atoms with Gasteiger partial charge in [0, 0.05) is 20.1 Å². The summed E-state index contributed by atoms with van der Waals surface area (Å²) < 4.78 is 0. The van der Waals surface area contributed by atoms with Crippen LogP contribution in [0.2, 0.25) is 0 Å². The van der Waals surface area contributed by atoms with Gasteiger partial charge in [0.25, 0.3) is 0 Å². The van der Waals surface area contributed by atoms with Crippen molar-refractivity contribution >= 4 is 12.0 Å². The number of rotatable bonds is 6. The van der Waals surface area contributed by atoms with Crippen LogP contribution in [-0.4, -0.2) is 53.6 Å². The molecule has 1 fully saturated rings. The van der Waals surface area contributed by atoms with E-state index in [1.54, 1.807) is 4.90 Å². The molecule has 1 aliphatic carbocycles. The lowest BCUT2D eigenvalue weighted by atomic mass is 10.3. The molecule has 1 rings (SSSR count). The topological polar surface area (TPSA) is 60.9 Å². The van der Waals surface area contributed by atoms with Gasteiger partial charge in [-0.15, -0.1) is 0 Å². The summed E-state index contributed by atoms with van der Waals surface area (Å²) in [5.74, 6) is -0.340. The molecule has 0 unspecified atom stereocenters. The van der Waals surface area contributed by atoms with Crippen molar-refractivity contribution < 1.29 is 14.7 Å². The van der Waals surface area contributed by atoms with Gasteiger partial charge in [0.15, 0.2) is 0 Å². The van der Waals surface area contributed by atoms with Gasteiger partial charge in [0.05, 0.1) is 0 Å². The second kappa shape index (κ2) is 5.72. The Labute approximate surface area is 96.0 Å². The molecule has 5 heteroatoms. The number of carbonyl (C=O) groups is 2. The fraction of sp³-hybridized carbons (Fsp3) is 0.818.